The molecule has 3 nitrogen and oxygen atoms in total. The standard InChI is InChI=1S/C7H13NO2/c1-4-3-6(5(2)8)10-7(4)9/h4-6H,3,8H2,1-2H3. The number of rotatable bonds is 1. The third kappa shape index (κ3) is 1.29. The van der Waals surface area contributed by atoms with Crippen LogP contribution in [0, 0.1) is 5.92 Å². The van der Waals surface area contributed by atoms with Crippen LogP contribution < -0.4 is 5.73 Å². The molecule has 0 spiro atoms. The van der Waals surface area contributed by atoms with Gasteiger partial charge in [0.15, 0.2) is 0 Å². The molecular weight excluding hydrogens is 130 g/mol. The van der Waals surface area contributed by atoms with Crippen LogP contribution in [0.25, 0.3) is 0 Å². The molecule has 1 saturated heterocycles. The first kappa shape index (κ1) is 7.54. The van der Waals surface area contributed by atoms with E-state index in [0.29, 0.717) is 0 Å². The Morgan fingerprint density at radius 1 is 1.80 bits per heavy atom. The summed E-state index contributed by atoms with van der Waals surface area (Å²) in [7, 11) is 0. The fourth-order valence-electron chi connectivity index (χ4n) is 1.08. The van der Waals surface area contributed by atoms with Crippen LogP contribution in [-0.4, -0.2) is 18.1 Å². The first-order chi connectivity index (χ1) is 4.61. The van der Waals surface area contributed by atoms with Gasteiger partial charge in [-0.1, -0.05) is 6.92 Å². The summed E-state index contributed by atoms with van der Waals surface area (Å²) >= 11 is 0. The van der Waals surface area contributed by atoms with Gasteiger partial charge in [0, 0.05) is 6.04 Å². The number of ether oxygens (including phenoxy) is 1. The maximum Gasteiger partial charge on any atom is 0.309 e. The Kier molecular flexibility index (Phi) is 1.94. The van der Waals surface area contributed by atoms with Crippen molar-refractivity contribution in [2.75, 3.05) is 0 Å². The van der Waals surface area contributed by atoms with Crippen molar-refractivity contribution in [2.45, 2.75) is 32.4 Å². The smallest absolute Gasteiger partial charge is 0.309 e. The molecule has 1 heterocycles. The number of carbonyl (C=O) groups excluding carboxylic acids is 1. The van der Waals surface area contributed by atoms with Gasteiger partial charge in [0.2, 0.25) is 0 Å². The molecule has 10 heavy (non-hydrogen) atoms. The van der Waals surface area contributed by atoms with Gasteiger partial charge in [0.25, 0.3) is 0 Å². The minimum absolute atomic E-state index is 0.0334. The van der Waals surface area contributed by atoms with Gasteiger partial charge >= 0.3 is 5.97 Å². The van der Waals surface area contributed by atoms with Crippen molar-refractivity contribution in [2.24, 2.45) is 11.7 Å². The SMILES string of the molecule is CC1CC(C(C)N)OC1=O. The van der Waals surface area contributed by atoms with Gasteiger partial charge in [-0.05, 0) is 13.3 Å². The number of esters is 1. The fourth-order valence-corrected chi connectivity index (χ4v) is 1.08. The maximum absolute atomic E-state index is 10.8. The second-order valence-corrected chi connectivity index (χ2v) is 2.97. The number of carbonyl (C=O) groups is 1. The molecule has 1 aliphatic rings. The van der Waals surface area contributed by atoms with Crippen LogP contribution in [0.5, 0.6) is 0 Å². The van der Waals surface area contributed by atoms with Crippen molar-refractivity contribution in [3.8, 4) is 0 Å². The third-order valence-corrected chi connectivity index (χ3v) is 1.84. The highest BCUT2D eigenvalue weighted by atomic mass is 16.6. The lowest BCUT2D eigenvalue weighted by atomic mass is 10.0. The van der Waals surface area contributed by atoms with Crippen LogP contribution in [0.4, 0.5) is 0 Å². The van der Waals surface area contributed by atoms with Gasteiger partial charge in [0.05, 0.1) is 5.92 Å². The van der Waals surface area contributed by atoms with Crippen LogP contribution in [0.1, 0.15) is 20.3 Å². The van der Waals surface area contributed by atoms with Crippen LogP contribution in [0.15, 0.2) is 0 Å². The lowest BCUT2D eigenvalue weighted by Gasteiger charge is -2.11. The minimum atomic E-state index is -0.109. The monoisotopic (exact) mass is 143 g/mol. The first-order valence-electron chi connectivity index (χ1n) is 3.57. The van der Waals surface area contributed by atoms with E-state index in [1.54, 1.807) is 0 Å². The summed E-state index contributed by atoms with van der Waals surface area (Å²) in [4.78, 5) is 10.8. The zero-order valence-electron chi connectivity index (χ0n) is 6.33. The normalized spacial score (nSPS) is 35.7. The van der Waals surface area contributed by atoms with Crippen LogP contribution in [0.2, 0.25) is 0 Å². The summed E-state index contributed by atoms with van der Waals surface area (Å²) in [5, 5.41) is 0. The van der Waals surface area contributed by atoms with Crippen molar-refractivity contribution in [3.63, 3.8) is 0 Å². The van der Waals surface area contributed by atoms with Crippen LogP contribution >= 0.6 is 0 Å². The molecule has 1 aliphatic heterocycles. The summed E-state index contributed by atoms with van der Waals surface area (Å²) in [6.45, 7) is 3.72. The molecule has 3 atom stereocenters. The van der Waals surface area contributed by atoms with E-state index < -0.39 is 0 Å². The second kappa shape index (κ2) is 2.58. The highest BCUT2D eigenvalue weighted by Crippen LogP contribution is 2.21. The molecule has 0 aromatic carbocycles. The largest absolute Gasteiger partial charge is 0.460 e. The molecule has 3 heteroatoms. The summed E-state index contributed by atoms with van der Waals surface area (Å²) in [5.74, 6) is -0.0710. The fraction of sp³-hybridized carbons (Fsp3) is 0.857. The predicted molar refractivity (Wildman–Crippen MR) is 37.3 cm³/mol. The quantitative estimate of drug-likeness (QED) is 0.536. The van der Waals surface area contributed by atoms with Gasteiger partial charge < -0.3 is 10.5 Å². The van der Waals surface area contributed by atoms with Crippen LogP contribution in [-0.2, 0) is 9.53 Å². The minimum Gasteiger partial charge on any atom is -0.460 e. The molecule has 0 saturated carbocycles. The van der Waals surface area contributed by atoms with E-state index in [1.165, 1.54) is 0 Å². The molecule has 0 bridgehead atoms. The Bertz CT molecular complexity index is 145. The van der Waals surface area contributed by atoms with Gasteiger partial charge in [0.1, 0.15) is 6.10 Å². The molecule has 2 N–H and O–H groups in total. The molecule has 0 amide bonds. The van der Waals surface area contributed by atoms with Crippen molar-refractivity contribution >= 4 is 5.97 Å². The Morgan fingerprint density at radius 2 is 2.40 bits per heavy atom. The second-order valence-electron chi connectivity index (χ2n) is 2.97. The highest BCUT2D eigenvalue weighted by molar-refractivity contribution is 5.74. The number of cyclic esters (lactones) is 1. The average molecular weight is 143 g/mol. The van der Waals surface area contributed by atoms with E-state index in [2.05, 4.69) is 0 Å². The summed E-state index contributed by atoms with van der Waals surface area (Å²) < 4.78 is 4.97. The van der Waals surface area contributed by atoms with E-state index in [9.17, 15) is 4.79 Å². The van der Waals surface area contributed by atoms with Gasteiger partial charge in [-0.2, -0.15) is 0 Å². The van der Waals surface area contributed by atoms with E-state index in [4.69, 9.17) is 10.5 Å². The topological polar surface area (TPSA) is 52.3 Å². The summed E-state index contributed by atoms with van der Waals surface area (Å²) in [6, 6.07) is -0.0334. The lowest BCUT2D eigenvalue weighted by molar-refractivity contribution is -0.144. The molecule has 0 aromatic heterocycles. The van der Waals surface area contributed by atoms with Gasteiger partial charge in [-0.25, -0.2) is 0 Å². The summed E-state index contributed by atoms with van der Waals surface area (Å²) in [5.41, 5.74) is 5.54. The molecule has 0 aromatic rings. The van der Waals surface area contributed by atoms with Crippen molar-refractivity contribution in [3.05, 3.63) is 0 Å². The summed E-state index contributed by atoms with van der Waals surface area (Å²) in [6.07, 6.45) is 0.721. The Labute approximate surface area is 60.5 Å². The number of hydrogen-bond acceptors (Lipinski definition) is 3. The van der Waals surface area contributed by atoms with E-state index in [-0.39, 0.29) is 24.0 Å². The zero-order valence-corrected chi connectivity index (χ0v) is 6.33. The molecule has 58 valence electrons. The third-order valence-electron chi connectivity index (χ3n) is 1.84. The van der Waals surface area contributed by atoms with E-state index in [0.717, 1.165) is 6.42 Å². The van der Waals surface area contributed by atoms with Crippen molar-refractivity contribution in [1.82, 2.24) is 0 Å². The molecule has 0 radical (unpaired) electrons. The average Bonchev–Trinajstić information content (AvgIpc) is 2.13. The Balaban J connectivity index is 2.49. The van der Waals surface area contributed by atoms with E-state index >= 15 is 0 Å². The zero-order chi connectivity index (χ0) is 7.72. The molecule has 3 unspecified atom stereocenters. The molecule has 0 aliphatic carbocycles. The molecule has 1 fully saturated rings. The van der Waals surface area contributed by atoms with E-state index in [1.807, 2.05) is 13.8 Å². The lowest BCUT2D eigenvalue weighted by Crippen LogP contribution is -2.31. The predicted octanol–water partition coefficient (Wildman–Crippen LogP) is 0.285. The number of hydrogen-bond donors (Lipinski definition) is 1. The molecular formula is C7H13NO2. The van der Waals surface area contributed by atoms with Gasteiger partial charge in [-0.3, -0.25) is 4.79 Å². The van der Waals surface area contributed by atoms with Crippen molar-refractivity contribution in [1.29, 1.82) is 0 Å². The first-order valence-corrected chi connectivity index (χ1v) is 3.57. The Morgan fingerprint density at radius 3 is 2.60 bits per heavy atom. The Hall–Kier alpha value is -0.570. The highest BCUT2D eigenvalue weighted by Gasteiger charge is 2.32. The number of nitrogens with two attached hydrogens (primary N) is 1. The van der Waals surface area contributed by atoms with Crippen LogP contribution in [0.3, 0.4) is 0 Å². The maximum atomic E-state index is 10.8. The van der Waals surface area contributed by atoms with Crippen molar-refractivity contribution < 1.29 is 9.53 Å². The van der Waals surface area contributed by atoms with Gasteiger partial charge in [-0.15, -0.1) is 0 Å². The molecule has 1 rings (SSSR count).